The van der Waals surface area contributed by atoms with Crippen molar-refractivity contribution >= 4 is 23.1 Å². The molecule has 5 rings (SSSR count). The maximum Gasteiger partial charge on any atom is 0.290 e. The fraction of sp³-hybridized carbons (Fsp3) is 0.250. The number of para-hydroxylation sites is 1. The van der Waals surface area contributed by atoms with Gasteiger partial charge in [-0.15, -0.1) is 0 Å². The second kappa shape index (κ2) is 8.78. The SMILES string of the molecule is Nc1n[nH]c(=O)c2c1c(-c1ccc(Oc3ccccc3)cc1)nn2C1CCC(NC=O)CC1. The summed E-state index contributed by atoms with van der Waals surface area (Å²) in [4.78, 5) is 23.5. The largest absolute Gasteiger partial charge is 0.457 e. The van der Waals surface area contributed by atoms with Gasteiger partial charge in [-0.2, -0.15) is 10.2 Å². The third kappa shape index (κ3) is 4.05. The Balaban J connectivity index is 1.50. The van der Waals surface area contributed by atoms with Gasteiger partial charge in [-0.3, -0.25) is 14.3 Å². The van der Waals surface area contributed by atoms with Crippen molar-refractivity contribution in [2.24, 2.45) is 0 Å². The fourth-order valence-electron chi connectivity index (χ4n) is 4.47. The summed E-state index contributed by atoms with van der Waals surface area (Å²) in [5.41, 5.74) is 7.72. The van der Waals surface area contributed by atoms with E-state index in [-0.39, 0.29) is 23.5 Å². The maximum atomic E-state index is 12.8. The van der Waals surface area contributed by atoms with Crippen LogP contribution in [0.1, 0.15) is 31.7 Å². The van der Waals surface area contributed by atoms with E-state index in [2.05, 4.69) is 15.5 Å². The first kappa shape index (κ1) is 20.7. The van der Waals surface area contributed by atoms with Crippen LogP contribution in [0.15, 0.2) is 59.4 Å². The number of nitrogens with zero attached hydrogens (tertiary/aromatic N) is 3. The maximum absolute atomic E-state index is 12.8. The Morgan fingerprint density at radius 3 is 2.42 bits per heavy atom. The Kier molecular flexibility index (Phi) is 5.52. The number of carbonyl (C=O) groups is 1. The van der Waals surface area contributed by atoms with Crippen molar-refractivity contribution < 1.29 is 9.53 Å². The number of aromatic amines is 1. The minimum absolute atomic E-state index is 0.0366. The Morgan fingerprint density at radius 1 is 1.03 bits per heavy atom. The lowest BCUT2D eigenvalue weighted by Crippen LogP contribution is -2.33. The summed E-state index contributed by atoms with van der Waals surface area (Å²) in [5.74, 6) is 1.67. The van der Waals surface area contributed by atoms with Crippen molar-refractivity contribution in [3.8, 4) is 22.8 Å². The predicted molar refractivity (Wildman–Crippen MR) is 125 cm³/mol. The number of fused-ring (bicyclic) bond motifs is 1. The Bertz CT molecular complexity index is 1320. The highest BCUT2D eigenvalue weighted by Gasteiger charge is 2.27. The summed E-state index contributed by atoms with van der Waals surface area (Å²) in [5, 5.41) is 14.7. The molecule has 0 spiro atoms. The number of H-pyrrole nitrogens is 1. The van der Waals surface area contributed by atoms with Gasteiger partial charge in [0.05, 0.1) is 11.4 Å². The van der Waals surface area contributed by atoms with Gasteiger partial charge in [-0.05, 0) is 62.1 Å². The topological polar surface area (TPSA) is 128 Å². The molecule has 168 valence electrons. The minimum Gasteiger partial charge on any atom is -0.457 e. The zero-order chi connectivity index (χ0) is 22.8. The number of anilines is 1. The molecule has 1 saturated carbocycles. The fourth-order valence-corrected chi connectivity index (χ4v) is 4.47. The van der Waals surface area contributed by atoms with Crippen molar-refractivity contribution in [1.29, 1.82) is 0 Å². The van der Waals surface area contributed by atoms with E-state index < -0.39 is 0 Å². The van der Waals surface area contributed by atoms with E-state index in [0.29, 0.717) is 22.3 Å². The van der Waals surface area contributed by atoms with E-state index in [1.54, 1.807) is 4.68 Å². The molecule has 0 saturated heterocycles. The van der Waals surface area contributed by atoms with Gasteiger partial charge >= 0.3 is 0 Å². The zero-order valence-corrected chi connectivity index (χ0v) is 17.9. The molecule has 2 heterocycles. The van der Waals surface area contributed by atoms with Crippen molar-refractivity contribution in [3.63, 3.8) is 0 Å². The van der Waals surface area contributed by atoms with E-state index in [1.807, 2.05) is 54.6 Å². The average molecular weight is 444 g/mol. The van der Waals surface area contributed by atoms with Crippen LogP contribution in [0.5, 0.6) is 11.5 Å². The first-order valence-corrected chi connectivity index (χ1v) is 10.9. The molecule has 9 heteroatoms. The molecule has 2 aromatic carbocycles. The molecule has 1 fully saturated rings. The second-order valence-electron chi connectivity index (χ2n) is 8.18. The molecule has 0 atom stereocenters. The van der Waals surface area contributed by atoms with Crippen LogP contribution in [0, 0.1) is 0 Å². The summed E-state index contributed by atoms with van der Waals surface area (Å²) in [6.07, 6.45) is 3.99. The van der Waals surface area contributed by atoms with E-state index in [4.69, 9.17) is 15.6 Å². The van der Waals surface area contributed by atoms with Crippen LogP contribution in [-0.2, 0) is 4.79 Å². The monoisotopic (exact) mass is 444 g/mol. The number of benzene rings is 2. The van der Waals surface area contributed by atoms with Crippen molar-refractivity contribution in [1.82, 2.24) is 25.3 Å². The number of nitrogens with two attached hydrogens (primary N) is 1. The number of nitrogen functional groups attached to an aromatic ring is 1. The lowest BCUT2D eigenvalue weighted by molar-refractivity contribution is -0.110. The summed E-state index contributed by atoms with van der Waals surface area (Å²) in [6.45, 7) is 0. The molecule has 0 unspecified atom stereocenters. The highest BCUT2D eigenvalue weighted by Crippen LogP contribution is 2.36. The predicted octanol–water partition coefficient (Wildman–Crippen LogP) is 3.39. The van der Waals surface area contributed by atoms with E-state index in [0.717, 1.165) is 43.4 Å². The Morgan fingerprint density at radius 2 is 1.73 bits per heavy atom. The normalized spacial score (nSPS) is 18.2. The van der Waals surface area contributed by atoms with Gasteiger partial charge in [0.15, 0.2) is 5.82 Å². The van der Waals surface area contributed by atoms with Gasteiger partial charge < -0.3 is 15.8 Å². The number of aromatic nitrogens is 4. The molecule has 33 heavy (non-hydrogen) atoms. The van der Waals surface area contributed by atoms with Gasteiger partial charge in [0.25, 0.3) is 5.56 Å². The van der Waals surface area contributed by atoms with Crippen molar-refractivity contribution in [2.45, 2.75) is 37.8 Å². The highest BCUT2D eigenvalue weighted by molar-refractivity contribution is 5.99. The zero-order valence-electron chi connectivity index (χ0n) is 17.9. The van der Waals surface area contributed by atoms with E-state index in [1.165, 1.54) is 0 Å². The number of nitrogens with one attached hydrogen (secondary N) is 2. The third-order valence-corrected chi connectivity index (χ3v) is 6.11. The van der Waals surface area contributed by atoms with Crippen LogP contribution in [-0.4, -0.2) is 32.4 Å². The average Bonchev–Trinajstić information content (AvgIpc) is 3.25. The Hall–Kier alpha value is -4.14. The van der Waals surface area contributed by atoms with Crippen molar-refractivity contribution in [3.05, 3.63) is 65.0 Å². The van der Waals surface area contributed by atoms with Crippen LogP contribution in [0.3, 0.4) is 0 Å². The molecule has 4 N–H and O–H groups in total. The standard InChI is InChI=1S/C24H24N6O3/c25-23-20-21(15-6-12-19(13-7-15)33-18-4-2-1-3-5-18)29-30(22(20)24(32)28-27-23)17-10-8-16(9-11-17)26-14-31/h1-7,12-14,16-17H,8-11H2,(H2,25,27)(H,26,31)(H,28,32). The smallest absolute Gasteiger partial charge is 0.290 e. The van der Waals surface area contributed by atoms with Crippen molar-refractivity contribution in [2.75, 3.05) is 5.73 Å². The molecule has 0 radical (unpaired) electrons. The molecular formula is C24H24N6O3. The number of hydrogen-bond donors (Lipinski definition) is 3. The van der Waals surface area contributed by atoms with E-state index in [9.17, 15) is 9.59 Å². The number of rotatable bonds is 6. The molecule has 1 aliphatic carbocycles. The minimum atomic E-state index is -0.324. The van der Waals surface area contributed by atoms with E-state index >= 15 is 0 Å². The van der Waals surface area contributed by atoms with Gasteiger partial charge in [-0.25, -0.2) is 5.10 Å². The highest BCUT2D eigenvalue weighted by atomic mass is 16.5. The lowest BCUT2D eigenvalue weighted by atomic mass is 9.91. The summed E-state index contributed by atoms with van der Waals surface area (Å²) in [6, 6.07) is 17.3. The van der Waals surface area contributed by atoms with Crippen LogP contribution in [0.25, 0.3) is 22.2 Å². The third-order valence-electron chi connectivity index (χ3n) is 6.11. The summed E-state index contributed by atoms with van der Waals surface area (Å²) >= 11 is 0. The van der Waals surface area contributed by atoms with Gasteiger partial charge in [0, 0.05) is 11.6 Å². The molecule has 4 aromatic rings. The Labute approximate surface area is 189 Å². The summed E-state index contributed by atoms with van der Waals surface area (Å²) < 4.78 is 7.67. The lowest BCUT2D eigenvalue weighted by Gasteiger charge is -2.28. The van der Waals surface area contributed by atoms with Gasteiger partial charge in [0.1, 0.15) is 22.7 Å². The number of carbonyl (C=O) groups excluding carboxylic acids is 1. The number of hydrogen-bond acceptors (Lipinski definition) is 6. The molecule has 9 nitrogen and oxygen atoms in total. The first-order chi connectivity index (χ1) is 16.1. The molecule has 1 amide bonds. The molecule has 1 aliphatic rings. The van der Waals surface area contributed by atoms with Gasteiger partial charge in [0.2, 0.25) is 6.41 Å². The van der Waals surface area contributed by atoms with Crippen LogP contribution >= 0.6 is 0 Å². The second-order valence-corrected chi connectivity index (χ2v) is 8.18. The van der Waals surface area contributed by atoms with Gasteiger partial charge in [-0.1, -0.05) is 18.2 Å². The molecule has 2 aromatic heterocycles. The molecule has 0 aliphatic heterocycles. The van der Waals surface area contributed by atoms with Crippen LogP contribution in [0.2, 0.25) is 0 Å². The quantitative estimate of drug-likeness (QED) is 0.391. The number of ether oxygens (including phenoxy) is 1. The first-order valence-electron chi connectivity index (χ1n) is 10.9. The van der Waals surface area contributed by atoms with Crippen LogP contribution in [0.4, 0.5) is 5.82 Å². The van der Waals surface area contributed by atoms with Crippen LogP contribution < -0.4 is 21.3 Å². The molecular weight excluding hydrogens is 420 g/mol. The number of amides is 1. The summed E-state index contributed by atoms with van der Waals surface area (Å²) in [7, 11) is 0. The molecule has 0 bridgehead atoms.